The summed E-state index contributed by atoms with van der Waals surface area (Å²) in [5, 5.41) is 12.7. The van der Waals surface area contributed by atoms with E-state index in [0.717, 1.165) is 25.8 Å². The second-order valence-electron chi connectivity index (χ2n) is 5.82. The molecule has 7 nitrogen and oxygen atoms in total. The van der Waals surface area contributed by atoms with Crippen molar-refractivity contribution in [2.45, 2.75) is 38.8 Å². The molecule has 0 aromatic carbocycles. The molecule has 1 heterocycles. The number of hydrogen-bond donors (Lipinski definition) is 3. The highest BCUT2D eigenvalue weighted by Gasteiger charge is 2.25. The molecule has 0 amide bonds. The molecule has 21 heavy (non-hydrogen) atoms. The lowest BCUT2D eigenvalue weighted by Gasteiger charge is -2.26. The fourth-order valence-corrected chi connectivity index (χ4v) is 3.24. The summed E-state index contributed by atoms with van der Waals surface area (Å²) in [6.07, 6.45) is 1.55. The van der Waals surface area contributed by atoms with E-state index in [2.05, 4.69) is 15.0 Å². The highest BCUT2D eigenvalue weighted by atomic mass is 127. The van der Waals surface area contributed by atoms with E-state index in [1.807, 2.05) is 11.8 Å². The van der Waals surface area contributed by atoms with Crippen molar-refractivity contribution in [3.05, 3.63) is 0 Å². The maximum Gasteiger partial charge on any atom is 0.209 e. The summed E-state index contributed by atoms with van der Waals surface area (Å²) in [6, 6.07) is 0. The number of nitrogens with one attached hydrogen (secondary N) is 2. The molecule has 9 heteroatoms. The van der Waals surface area contributed by atoms with Crippen LogP contribution in [-0.2, 0) is 10.0 Å². The quantitative estimate of drug-likeness (QED) is 0.321. The molecule has 1 fully saturated rings. The summed E-state index contributed by atoms with van der Waals surface area (Å²) in [5.74, 6) is 0.715. The van der Waals surface area contributed by atoms with E-state index in [1.165, 1.54) is 0 Å². The number of sulfonamides is 1. The van der Waals surface area contributed by atoms with Crippen LogP contribution in [0.1, 0.15) is 27.2 Å². The molecule has 0 spiro atoms. The summed E-state index contributed by atoms with van der Waals surface area (Å²) in [7, 11) is -3.26. The topological polar surface area (TPSA) is 94.0 Å². The number of likely N-dealkylation sites (tertiary alicyclic amines) is 1. The minimum atomic E-state index is -3.26. The van der Waals surface area contributed by atoms with Crippen LogP contribution in [0, 0.1) is 0 Å². The van der Waals surface area contributed by atoms with E-state index >= 15 is 0 Å². The molecule has 1 aliphatic heterocycles. The summed E-state index contributed by atoms with van der Waals surface area (Å²) in [5.41, 5.74) is -0.646. The van der Waals surface area contributed by atoms with Gasteiger partial charge in [0.1, 0.15) is 0 Å². The van der Waals surface area contributed by atoms with Crippen molar-refractivity contribution in [3.63, 3.8) is 0 Å². The number of hydrogen-bond acceptors (Lipinski definition) is 4. The Morgan fingerprint density at radius 1 is 1.48 bits per heavy atom. The van der Waals surface area contributed by atoms with E-state index in [9.17, 15) is 13.5 Å². The van der Waals surface area contributed by atoms with E-state index < -0.39 is 15.6 Å². The fraction of sp³-hybridized carbons (Fsp3) is 0.917. The zero-order valence-electron chi connectivity index (χ0n) is 13.1. The van der Waals surface area contributed by atoms with E-state index in [-0.39, 0.29) is 30.1 Å². The normalized spacial score (nSPS) is 20.3. The lowest BCUT2D eigenvalue weighted by atomic mass is 10.1. The Morgan fingerprint density at radius 3 is 2.52 bits per heavy atom. The molecule has 0 aromatic heterocycles. The van der Waals surface area contributed by atoms with Gasteiger partial charge >= 0.3 is 0 Å². The van der Waals surface area contributed by atoms with Crippen LogP contribution in [0.4, 0.5) is 0 Å². The van der Waals surface area contributed by atoms with Gasteiger partial charge in [0.05, 0.1) is 18.9 Å². The third kappa shape index (κ3) is 8.17. The van der Waals surface area contributed by atoms with Gasteiger partial charge in [0.2, 0.25) is 10.0 Å². The molecule has 0 saturated carbocycles. The summed E-state index contributed by atoms with van der Waals surface area (Å²) in [4.78, 5) is 6.47. The van der Waals surface area contributed by atoms with Gasteiger partial charge in [-0.25, -0.2) is 13.1 Å². The van der Waals surface area contributed by atoms with Crippen molar-refractivity contribution in [2.24, 2.45) is 4.99 Å². The minimum absolute atomic E-state index is 0. The molecule has 0 aromatic rings. The first-order valence-electron chi connectivity index (χ1n) is 6.83. The van der Waals surface area contributed by atoms with Gasteiger partial charge in [-0.05, 0) is 27.2 Å². The number of aliphatic hydroxyl groups excluding tert-OH is 1. The van der Waals surface area contributed by atoms with Crippen molar-refractivity contribution in [2.75, 3.05) is 32.4 Å². The Morgan fingerprint density at radius 2 is 2.10 bits per heavy atom. The van der Waals surface area contributed by atoms with Gasteiger partial charge < -0.3 is 15.3 Å². The first kappa shape index (κ1) is 20.9. The highest BCUT2D eigenvalue weighted by Crippen LogP contribution is 2.10. The van der Waals surface area contributed by atoms with Crippen LogP contribution in [-0.4, -0.2) is 68.5 Å². The monoisotopic (exact) mass is 434 g/mol. The van der Waals surface area contributed by atoms with E-state index in [4.69, 9.17) is 0 Å². The number of guanidine groups is 1. The SMILES string of the molecule is CCNC(=NCC(C)(C)NS(C)(=O)=O)N1CC[C@@H](O)C1.I. The largest absolute Gasteiger partial charge is 0.391 e. The molecule has 0 bridgehead atoms. The maximum absolute atomic E-state index is 11.3. The predicted octanol–water partition coefficient (Wildman–Crippen LogP) is -0.0357. The predicted molar refractivity (Wildman–Crippen MR) is 95.6 cm³/mol. The number of rotatable bonds is 5. The lowest BCUT2D eigenvalue weighted by Crippen LogP contribution is -2.47. The summed E-state index contributed by atoms with van der Waals surface area (Å²) < 4.78 is 25.2. The first-order valence-corrected chi connectivity index (χ1v) is 8.72. The van der Waals surface area contributed by atoms with Crippen molar-refractivity contribution < 1.29 is 13.5 Å². The molecule has 0 aliphatic carbocycles. The number of aliphatic imine (C=N–C) groups is 1. The Hall–Kier alpha value is -0.130. The Bertz CT molecular complexity index is 453. The van der Waals surface area contributed by atoms with Gasteiger partial charge in [-0.15, -0.1) is 24.0 Å². The molecule has 1 saturated heterocycles. The highest BCUT2D eigenvalue weighted by molar-refractivity contribution is 14.0. The van der Waals surface area contributed by atoms with Gasteiger partial charge in [0.25, 0.3) is 0 Å². The second kappa shape index (κ2) is 8.49. The Labute approximate surface area is 144 Å². The first-order chi connectivity index (χ1) is 9.13. The number of β-amino-alcohol motifs (C(OH)–C–C–N with tert-alkyl or cyclic N) is 1. The molecular weight excluding hydrogens is 407 g/mol. The van der Waals surface area contributed by atoms with Gasteiger partial charge in [0.15, 0.2) is 5.96 Å². The molecule has 3 N–H and O–H groups in total. The van der Waals surface area contributed by atoms with Gasteiger partial charge in [-0.2, -0.15) is 0 Å². The standard InChI is InChI=1S/C12H26N4O3S.HI/c1-5-13-11(16-7-6-10(17)8-16)14-9-12(2,3)15-20(4,18)19;/h10,15,17H,5-9H2,1-4H3,(H,13,14);1H/t10-;/m1./s1. The lowest BCUT2D eigenvalue weighted by molar-refractivity contribution is 0.187. The average molecular weight is 434 g/mol. The van der Waals surface area contributed by atoms with E-state index in [1.54, 1.807) is 13.8 Å². The number of aliphatic hydroxyl groups is 1. The number of nitrogens with zero attached hydrogens (tertiary/aromatic N) is 2. The third-order valence-electron chi connectivity index (χ3n) is 2.88. The van der Waals surface area contributed by atoms with Gasteiger partial charge in [0, 0.05) is 25.2 Å². The molecule has 1 rings (SSSR count). The van der Waals surface area contributed by atoms with Crippen LogP contribution in [0.25, 0.3) is 0 Å². The Balaban J connectivity index is 0.00000400. The van der Waals surface area contributed by atoms with Crippen LogP contribution in [0.5, 0.6) is 0 Å². The average Bonchev–Trinajstić information content (AvgIpc) is 2.67. The molecule has 0 unspecified atom stereocenters. The van der Waals surface area contributed by atoms with Crippen molar-refractivity contribution in [3.8, 4) is 0 Å². The smallest absolute Gasteiger partial charge is 0.209 e. The van der Waals surface area contributed by atoms with Crippen molar-refractivity contribution >= 4 is 40.0 Å². The minimum Gasteiger partial charge on any atom is -0.391 e. The van der Waals surface area contributed by atoms with Crippen LogP contribution in [0.3, 0.4) is 0 Å². The maximum atomic E-state index is 11.3. The Kier molecular flexibility index (Phi) is 8.44. The van der Waals surface area contributed by atoms with Crippen LogP contribution in [0.2, 0.25) is 0 Å². The summed E-state index contributed by atoms with van der Waals surface area (Å²) >= 11 is 0. The third-order valence-corrected chi connectivity index (χ3v) is 3.81. The van der Waals surface area contributed by atoms with Gasteiger partial charge in [-0.3, -0.25) is 4.99 Å². The molecule has 1 atom stereocenters. The molecular formula is C12H27IN4O3S. The van der Waals surface area contributed by atoms with Crippen LogP contribution in [0.15, 0.2) is 4.99 Å². The molecule has 126 valence electrons. The van der Waals surface area contributed by atoms with Crippen molar-refractivity contribution in [1.29, 1.82) is 0 Å². The fourth-order valence-electron chi connectivity index (χ4n) is 2.17. The zero-order valence-corrected chi connectivity index (χ0v) is 16.2. The summed E-state index contributed by atoms with van der Waals surface area (Å²) in [6.45, 7) is 7.93. The zero-order chi connectivity index (χ0) is 15.4. The molecule has 1 aliphatic rings. The van der Waals surface area contributed by atoms with E-state index in [0.29, 0.717) is 19.0 Å². The van der Waals surface area contributed by atoms with Gasteiger partial charge in [-0.1, -0.05) is 0 Å². The van der Waals surface area contributed by atoms with Crippen LogP contribution < -0.4 is 10.0 Å². The van der Waals surface area contributed by atoms with Crippen LogP contribution >= 0.6 is 24.0 Å². The molecule has 0 radical (unpaired) electrons. The van der Waals surface area contributed by atoms with Crippen molar-refractivity contribution in [1.82, 2.24) is 14.9 Å². The number of halogens is 1. The second-order valence-corrected chi connectivity index (χ2v) is 7.57.